The summed E-state index contributed by atoms with van der Waals surface area (Å²) in [7, 11) is 0. The Morgan fingerprint density at radius 3 is 1.77 bits per heavy atom. The topological polar surface area (TPSA) is 0 Å². The Morgan fingerprint density at radius 2 is 1.38 bits per heavy atom. The van der Waals surface area contributed by atoms with Crippen molar-refractivity contribution in [2.24, 2.45) is 0 Å². The molecule has 0 aliphatic rings. The predicted octanol–water partition coefficient (Wildman–Crippen LogP) is 4.15. The number of hydrogen-bond acceptors (Lipinski definition) is 0. The van der Waals surface area contributed by atoms with Crippen molar-refractivity contribution in [2.75, 3.05) is 0 Å². The lowest BCUT2D eigenvalue weighted by molar-refractivity contribution is 0.156. The van der Waals surface area contributed by atoms with Crippen LogP contribution in [0.2, 0.25) is 0 Å². The Kier molecular flexibility index (Phi) is 3.05. The fourth-order valence-electron chi connectivity index (χ4n) is 0.811. The molecule has 0 N–H and O–H groups in total. The Labute approximate surface area is 89.4 Å². The van der Waals surface area contributed by atoms with E-state index >= 15 is 0 Å². The molecule has 5 heteroatoms. The summed E-state index contributed by atoms with van der Waals surface area (Å²) in [5.41, 5.74) is -0.121. The van der Waals surface area contributed by atoms with E-state index in [1.165, 1.54) is 24.3 Å². The van der Waals surface area contributed by atoms with Gasteiger partial charge in [-0.05, 0) is 0 Å². The molecule has 0 aliphatic carbocycles. The van der Waals surface area contributed by atoms with E-state index in [0.717, 1.165) is 0 Å². The quantitative estimate of drug-likeness (QED) is 0.687. The van der Waals surface area contributed by atoms with Crippen molar-refractivity contribution in [3.63, 3.8) is 0 Å². The predicted molar refractivity (Wildman–Crippen MR) is 50.6 cm³/mol. The molecule has 0 aromatic heterocycles. The molecule has 0 bridgehead atoms. The van der Waals surface area contributed by atoms with Gasteiger partial charge in [0.05, 0.1) is 0 Å². The Balaban J connectivity index is 3.08. The first-order valence-corrected chi connectivity index (χ1v) is 4.49. The monoisotopic (exact) mass is 244 g/mol. The van der Waals surface area contributed by atoms with Gasteiger partial charge in [0, 0.05) is 5.56 Å². The zero-order valence-corrected chi connectivity index (χ0v) is 8.54. The van der Waals surface area contributed by atoms with Crippen molar-refractivity contribution >= 4 is 34.8 Å². The van der Waals surface area contributed by atoms with Gasteiger partial charge in [-0.1, -0.05) is 65.1 Å². The molecule has 0 heterocycles. The molecule has 0 amide bonds. The molecule has 0 nitrogen and oxygen atoms in total. The highest BCUT2D eigenvalue weighted by Crippen LogP contribution is 2.48. The SMILES string of the molecule is FC(Cl)(Cl)C(F)(Cl)c1ccccc1. The van der Waals surface area contributed by atoms with E-state index in [9.17, 15) is 8.78 Å². The van der Waals surface area contributed by atoms with E-state index in [2.05, 4.69) is 0 Å². The molecule has 1 rings (SSSR count). The van der Waals surface area contributed by atoms with Crippen molar-refractivity contribution in [1.29, 1.82) is 0 Å². The molecule has 0 spiro atoms. The van der Waals surface area contributed by atoms with Crippen LogP contribution in [0.3, 0.4) is 0 Å². The van der Waals surface area contributed by atoms with Crippen molar-refractivity contribution < 1.29 is 8.78 Å². The molecule has 13 heavy (non-hydrogen) atoms. The molecule has 72 valence electrons. The third-order valence-electron chi connectivity index (χ3n) is 1.49. The lowest BCUT2D eigenvalue weighted by atomic mass is 10.1. The van der Waals surface area contributed by atoms with E-state index in [0.29, 0.717) is 0 Å². The van der Waals surface area contributed by atoms with Crippen molar-refractivity contribution in [2.45, 2.75) is 9.72 Å². The average Bonchev–Trinajstić information content (AvgIpc) is 2.04. The second kappa shape index (κ2) is 3.60. The van der Waals surface area contributed by atoms with Crippen molar-refractivity contribution in [3.05, 3.63) is 35.9 Å². The van der Waals surface area contributed by atoms with Crippen LogP contribution in [0.15, 0.2) is 30.3 Å². The van der Waals surface area contributed by atoms with Crippen LogP contribution in [-0.4, -0.2) is 4.59 Å². The zero-order chi connectivity index (χ0) is 10.1. The van der Waals surface area contributed by atoms with Gasteiger partial charge in [-0.3, -0.25) is 0 Å². The first-order chi connectivity index (χ1) is 5.86. The van der Waals surface area contributed by atoms with Gasteiger partial charge in [0.15, 0.2) is 0 Å². The molecule has 0 aliphatic heterocycles. The summed E-state index contributed by atoms with van der Waals surface area (Å²) in [5, 5.41) is -2.93. The fraction of sp³-hybridized carbons (Fsp3) is 0.250. The first kappa shape index (κ1) is 11.0. The van der Waals surface area contributed by atoms with Crippen LogP contribution >= 0.6 is 34.8 Å². The molecule has 0 saturated heterocycles. The van der Waals surface area contributed by atoms with Gasteiger partial charge in [-0.25, -0.2) is 8.78 Å². The molecule has 1 aromatic carbocycles. The second-order valence-electron chi connectivity index (χ2n) is 2.44. The highest BCUT2D eigenvalue weighted by molar-refractivity contribution is 6.51. The van der Waals surface area contributed by atoms with Crippen molar-refractivity contribution in [3.8, 4) is 0 Å². The van der Waals surface area contributed by atoms with E-state index in [1.54, 1.807) is 6.07 Å². The largest absolute Gasteiger partial charge is 0.309 e. The number of benzene rings is 1. The Morgan fingerprint density at radius 1 is 0.923 bits per heavy atom. The van der Waals surface area contributed by atoms with E-state index < -0.39 is 9.72 Å². The third-order valence-corrected chi connectivity index (χ3v) is 2.69. The van der Waals surface area contributed by atoms with Crippen molar-refractivity contribution in [1.82, 2.24) is 0 Å². The van der Waals surface area contributed by atoms with Crippen LogP contribution in [0.4, 0.5) is 8.78 Å². The van der Waals surface area contributed by atoms with Gasteiger partial charge < -0.3 is 0 Å². The number of alkyl halides is 5. The maximum absolute atomic E-state index is 13.5. The van der Waals surface area contributed by atoms with Crippen LogP contribution < -0.4 is 0 Å². The zero-order valence-electron chi connectivity index (χ0n) is 6.28. The summed E-state index contributed by atoms with van der Waals surface area (Å²) in [4.78, 5) is 0. The van der Waals surface area contributed by atoms with Crippen LogP contribution in [-0.2, 0) is 5.13 Å². The van der Waals surface area contributed by atoms with Crippen LogP contribution in [0.25, 0.3) is 0 Å². The minimum Gasteiger partial charge on any atom is -0.214 e. The van der Waals surface area contributed by atoms with E-state index in [-0.39, 0.29) is 5.56 Å². The minimum absolute atomic E-state index is 0.121. The Hall–Kier alpha value is -0.0500. The second-order valence-corrected chi connectivity index (χ2v) is 4.19. The first-order valence-electron chi connectivity index (χ1n) is 3.36. The highest BCUT2D eigenvalue weighted by atomic mass is 35.5. The van der Waals surface area contributed by atoms with Gasteiger partial charge in [-0.15, -0.1) is 0 Å². The number of rotatable bonds is 2. The number of hydrogen-bond donors (Lipinski definition) is 0. The molecule has 0 fully saturated rings. The summed E-state index contributed by atoms with van der Waals surface area (Å²) < 4.78 is 23.2. The summed E-state index contributed by atoms with van der Waals surface area (Å²) >= 11 is 15.1. The van der Waals surface area contributed by atoms with Gasteiger partial charge in [0.1, 0.15) is 0 Å². The molecule has 1 unspecified atom stereocenters. The molecular formula is C8H5Cl3F2. The minimum atomic E-state index is -3.16. The summed E-state index contributed by atoms with van der Waals surface area (Å²) in [6.45, 7) is 0. The normalized spacial score (nSPS) is 16.7. The standard InChI is InChI=1S/C8H5Cl3F2/c9-7(12,8(10,11)13)6-4-2-1-3-5-6/h1-5H. The molecule has 0 radical (unpaired) electrons. The van der Waals surface area contributed by atoms with E-state index in [4.69, 9.17) is 34.8 Å². The van der Waals surface area contributed by atoms with E-state index in [1.807, 2.05) is 0 Å². The van der Waals surface area contributed by atoms with Gasteiger partial charge >= 0.3 is 4.59 Å². The molecule has 1 aromatic rings. The summed E-state index contributed by atoms with van der Waals surface area (Å²) in [6, 6.07) is 7.24. The summed E-state index contributed by atoms with van der Waals surface area (Å²) in [6.07, 6.45) is 0. The maximum Gasteiger partial charge on any atom is 0.309 e. The fourth-order valence-corrected chi connectivity index (χ4v) is 1.16. The third kappa shape index (κ3) is 2.25. The molecular weight excluding hydrogens is 240 g/mol. The van der Waals surface area contributed by atoms with Crippen LogP contribution in [0, 0.1) is 0 Å². The van der Waals surface area contributed by atoms with Crippen LogP contribution in [0.5, 0.6) is 0 Å². The lowest BCUT2D eigenvalue weighted by Gasteiger charge is -2.24. The highest BCUT2D eigenvalue weighted by Gasteiger charge is 2.51. The summed E-state index contributed by atoms with van der Waals surface area (Å²) in [5.74, 6) is 0. The maximum atomic E-state index is 13.5. The van der Waals surface area contributed by atoms with Gasteiger partial charge in [0.25, 0.3) is 5.13 Å². The lowest BCUT2D eigenvalue weighted by Crippen LogP contribution is -2.30. The molecule has 0 saturated carbocycles. The van der Waals surface area contributed by atoms with Crippen LogP contribution in [0.1, 0.15) is 5.56 Å². The molecule has 1 atom stereocenters. The Bertz CT molecular complexity index is 279. The van der Waals surface area contributed by atoms with Gasteiger partial charge in [0.2, 0.25) is 0 Å². The number of halogens is 5. The average molecular weight is 245 g/mol. The van der Waals surface area contributed by atoms with Gasteiger partial charge in [-0.2, -0.15) is 0 Å². The smallest absolute Gasteiger partial charge is 0.214 e.